The number of ether oxygens (including phenoxy) is 1. The van der Waals surface area contributed by atoms with Gasteiger partial charge in [0.2, 0.25) is 0 Å². The van der Waals surface area contributed by atoms with E-state index in [0.29, 0.717) is 24.2 Å². The van der Waals surface area contributed by atoms with E-state index in [2.05, 4.69) is 5.32 Å². The van der Waals surface area contributed by atoms with Gasteiger partial charge in [-0.25, -0.2) is 0 Å². The van der Waals surface area contributed by atoms with Gasteiger partial charge in [-0.1, -0.05) is 36.4 Å². The molecule has 0 amide bonds. The van der Waals surface area contributed by atoms with Gasteiger partial charge < -0.3 is 10.1 Å². The molecule has 0 bridgehead atoms. The van der Waals surface area contributed by atoms with Crippen molar-refractivity contribution in [3.63, 3.8) is 0 Å². The van der Waals surface area contributed by atoms with Crippen molar-refractivity contribution in [2.45, 2.75) is 24.8 Å². The van der Waals surface area contributed by atoms with Crippen LogP contribution in [0.3, 0.4) is 0 Å². The molecule has 0 saturated carbocycles. The van der Waals surface area contributed by atoms with Crippen molar-refractivity contribution >= 4 is 12.4 Å². The van der Waals surface area contributed by atoms with Crippen LogP contribution in [0.15, 0.2) is 42.5 Å². The van der Waals surface area contributed by atoms with Crippen LogP contribution in [0.2, 0.25) is 0 Å². The van der Waals surface area contributed by atoms with E-state index in [9.17, 15) is 13.2 Å². The molecule has 1 fully saturated rings. The van der Waals surface area contributed by atoms with Crippen molar-refractivity contribution in [3.8, 4) is 11.1 Å². The summed E-state index contributed by atoms with van der Waals surface area (Å²) in [5, 5.41) is 3.22. The third-order valence-corrected chi connectivity index (χ3v) is 4.70. The van der Waals surface area contributed by atoms with Gasteiger partial charge in [-0.3, -0.25) is 0 Å². The van der Waals surface area contributed by atoms with Crippen molar-refractivity contribution in [2.24, 2.45) is 0 Å². The van der Waals surface area contributed by atoms with Gasteiger partial charge in [-0.05, 0) is 28.3 Å². The molecule has 24 heavy (non-hydrogen) atoms. The quantitative estimate of drug-likeness (QED) is 0.819. The van der Waals surface area contributed by atoms with E-state index < -0.39 is 11.7 Å². The summed E-state index contributed by atoms with van der Waals surface area (Å²) in [5.74, 6) is -0.0106. The zero-order valence-electron chi connectivity index (χ0n) is 12.8. The summed E-state index contributed by atoms with van der Waals surface area (Å²) in [4.78, 5) is 0. The highest BCUT2D eigenvalue weighted by Crippen LogP contribution is 2.43. The lowest BCUT2D eigenvalue weighted by atomic mass is 9.84. The first-order valence-corrected chi connectivity index (χ1v) is 7.66. The van der Waals surface area contributed by atoms with Crippen LogP contribution in [0.25, 0.3) is 11.1 Å². The zero-order chi connectivity index (χ0) is 16.0. The third-order valence-electron chi connectivity index (χ3n) is 4.70. The summed E-state index contributed by atoms with van der Waals surface area (Å²) in [6.07, 6.45) is -4.41. The number of rotatable bonds is 1. The smallest absolute Gasteiger partial charge is 0.372 e. The molecule has 2 heterocycles. The Kier molecular flexibility index (Phi) is 4.60. The van der Waals surface area contributed by atoms with Gasteiger partial charge >= 0.3 is 6.18 Å². The summed E-state index contributed by atoms with van der Waals surface area (Å²) in [6.45, 7) is 1.39. The fourth-order valence-corrected chi connectivity index (χ4v) is 3.57. The van der Waals surface area contributed by atoms with Gasteiger partial charge in [0.15, 0.2) is 0 Å². The Bertz CT molecular complexity index is 733. The molecule has 1 saturated heterocycles. The molecule has 2 aliphatic rings. The van der Waals surface area contributed by atoms with Crippen molar-refractivity contribution in [1.82, 2.24) is 5.32 Å². The van der Waals surface area contributed by atoms with Crippen LogP contribution in [0.1, 0.15) is 22.6 Å². The molecule has 6 heteroatoms. The lowest BCUT2D eigenvalue weighted by molar-refractivity contribution is -0.139. The van der Waals surface area contributed by atoms with Crippen LogP contribution in [-0.4, -0.2) is 19.2 Å². The minimum absolute atomic E-state index is 0. The molecule has 2 atom stereocenters. The topological polar surface area (TPSA) is 21.3 Å². The second-order valence-electron chi connectivity index (χ2n) is 6.07. The summed E-state index contributed by atoms with van der Waals surface area (Å²) < 4.78 is 46.3. The molecule has 128 valence electrons. The van der Waals surface area contributed by atoms with E-state index in [1.54, 1.807) is 0 Å². The second kappa shape index (κ2) is 6.39. The van der Waals surface area contributed by atoms with Crippen molar-refractivity contribution in [1.29, 1.82) is 0 Å². The molecule has 2 aliphatic heterocycles. The van der Waals surface area contributed by atoms with Gasteiger partial charge in [0.05, 0.1) is 18.3 Å². The van der Waals surface area contributed by atoms with E-state index in [4.69, 9.17) is 4.74 Å². The number of hydrogen-bond acceptors (Lipinski definition) is 2. The van der Waals surface area contributed by atoms with E-state index in [1.807, 2.05) is 36.4 Å². The molecule has 4 rings (SSSR count). The number of fused-ring (bicyclic) bond motifs is 3. The number of alkyl halides is 3. The maximum Gasteiger partial charge on any atom is 0.416 e. The van der Waals surface area contributed by atoms with E-state index in [0.717, 1.165) is 11.1 Å². The molecule has 0 spiro atoms. The van der Waals surface area contributed by atoms with Gasteiger partial charge in [0.25, 0.3) is 0 Å². The van der Waals surface area contributed by atoms with Crippen LogP contribution in [-0.2, 0) is 17.5 Å². The van der Waals surface area contributed by atoms with Gasteiger partial charge in [-0.2, -0.15) is 13.2 Å². The van der Waals surface area contributed by atoms with Crippen LogP contribution in [0.4, 0.5) is 13.2 Å². The Morgan fingerprint density at radius 1 is 1.00 bits per heavy atom. The Morgan fingerprint density at radius 3 is 2.46 bits per heavy atom. The van der Waals surface area contributed by atoms with Crippen LogP contribution in [0, 0.1) is 0 Å². The van der Waals surface area contributed by atoms with Crippen LogP contribution < -0.4 is 5.32 Å². The predicted octanol–water partition coefficient (Wildman–Crippen LogP) is 4.38. The Hall–Kier alpha value is -1.56. The SMILES string of the molecule is Cl.FC(F)(F)c1cc(-c2ccccc2)cc2c1CO[C@@H]1CNC[C@H]21. The molecule has 0 aromatic heterocycles. The maximum absolute atomic E-state index is 13.5. The summed E-state index contributed by atoms with van der Waals surface area (Å²) in [5.41, 5.74) is 1.92. The molecule has 2 aromatic rings. The fourth-order valence-electron chi connectivity index (χ4n) is 3.57. The fraction of sp³-hybridized carbons (Fsp3) is 0.333. The molecular formula is C18H17ClF3NO. The average molecular weight is 356 g/mol. The van der Waals surface area contributed by atoms with E-state index in [-0.39, 0.29) is 31.0 Å². The molecular weight excluding hydrogens is 339 g/mol. The van der Waals surface area contributed by atoms with Crippen molar-refractivity contribution in [2.75, 3.05) is 13.1 Å². The van der Waals surface area contributed by atoms with Gasteiger partial charge in [0.1, 0.15) is 0 Å². The Morgan fingerprint density at radius 2 is 1.75 bits per heavy atom. The number of nitrogens with one attached hydrogen (secondary N) is 1. The maximum atomic E-state index is 13.5. The van der Waals surface area contributed by atoms with E-state index in [1.165, 1.54) is 6.07 Å². The van der Waals surface area contributed by atoms with Gasteiger partial charge in [-0.15, -0.1) is 12.4 Å². The number of halogens is 4. The monoisotopic (exact) mass is 355 g/mol. The molecule has 0 radical (unpaired) electrons. The Balaban J connectivity index is 0.00000169. The molecule has 2 aromatic carbocycles. The number of benzene rings is 2. The first kappa shape index (κ1) is 17.3. The molecule has 0 aliphatic carbocycles. The largest absolute Gasteiger partial charge is 0.416 e. The highest BCUT2D eigenvalue weighted by Gasteiger charge is 2.41. The van der Waals surface area contributed by atoms with Crippen LogP contribution in [0.5, 0.6) is 0 Å². The van der Waals surface area contributed by atoms with Crippen molar-refractivity contribution < 1.29 is 17.9 Å². The second-order valence-corrected chi connectivity index (χ2v) is 6.07. The Labute approximate surface area is 144 Å². The molecule has 0 unspecified atom stereocenters. The highest BCUT2D eigenvalue weighted by atomic mass is 35.5. The third kappa shape index (κ3) is 2.92. The van der Waals surface area contributed by atoms with Gasteiger partial charge in [0, 0.05) is 19.0 Å². The molecule has 1 N–H and O–H groups in total. The first-order valence-electron chi connectivity index (χ1n) is 7.66. The highest BCUT2D eigenvalue weighted by molar-refractivity contribution is 5.85. The minimum atomic E-state index is -4.38. The summed E-state index contributed by atoms with van der Waals surface area (Å²) >= 11 is 0. The predicted molar refractivity (Wildman–Crippen MR) is 88.3 cm³/mol. The summed E-state index contributed by atoms with van der Waals surface area (Å²) in [6, 6.07) is 12.4. The standard InChI is InChI=1S/C18H16F3NO.ClH/c19-18(20,21)16-7-12(11-4-2-1-3-5-11)6-13-14-8-22-9-17(14)23-10-15(13)16;/h1-7,14,17,22H,8-10H2;1H/t14-,17-;/m1./s1. The normalized spacial score (nSPS) is 22.5. The average Bonchev–Trinajstić information content (AvgIpc) is 3.02. The molecule has 2 nitrogen and oxygen atoms in total. The zero-order valence-corrected chi connectivity index (χ0v) is 13.6. The number of hydrogen-bond donors (Lipinski definition) is 1. The lowest BCUT2D eigenvalue weighted by Gasteiger charge is -2.31. The van der Waals surface area contributed by atoms with E-state index >= 15 is 0 Å². The first-order chi connectivity index (χ1) is 11.0. The van der Waals surface area contributed by atoms with Crippen molar-refractivity contribution in [3.05, 3.63) is 59.2 Å². The summed E-state index contributed by atoms with van der Waals surface area (Å²) in [7, 11) is 0. The van der Waals surface area contributed by atoms with Crippen LogP contribution >= 0.6 is 12.4 Å². The lowest BCUT2D eigenvalue weighted by Crippen LogP contribution is -2.29. The minimum Gasteiger partial charge on any atom is -0.372 e.